The van der Waals surface area contributed by atoms with Gasteiger partial charge in [0.2, 0.25) is 5.91 Å². The van der Waals surface area contributed by atoms with Crippen LogP contribution in [0.15, 0.2) is 48.5 Å². The number of thioether (sulfide) groups is 1. The molecule has 2 aliphatic rings. The second-order valence-corrected chi connectivity index (χ2v) is 9.52. The molecule has 3 N–H and O–H groups in total. The second kappa shape index (κ2) is 9.87. The third-order valence-electron chi connectivity index (χ3n) is 6.54. The van der Waals surface area contributed by atoms with Crippen LogP contribution >= 0.6 is 11.8 Å². The summed E-state index contributed by atoms with van der Waals surface area (Å²) in [6, 6.07) is 15.2. The van der Waals surface area contributed by atoms with Gasteiger partial charge in [0, 0.05) is 5.92 Å². The van der Waals surface area contributed by atoms with E-state index in [1.165, 1.54) is 11.8 Å². The first-order valence-electron chi connectivity index (χ1n) is 11.1. The first kappa shape index (κ1) is 23.2. The van der Waals surface area contributed by atoms with Crippen LogP contribution < -0.4 is 10.6 Å². The zero-order valence-electron chi connectivity index (χ0n) is 18.5. The van der Waals surface area contributed by atoms with E-state index in [1.807, 2.05) is 42.7 Å². The molecule has 2 aromatic carbocycles. The van der Waals surface area contributed by atoms with Crippen LogP contribution in [0.1, 0.15) is 42.7 Å². The number of carbonyl (C=O) groups is 3. The Morgan fingerprint density at radius 2 is 1.70 bits per heavy atom. The summed E-state index contributed by atoms with van der Waals surface area (Å²) in [5.74, 6) is -0.995. The van der Waals surface area contributed by atoms with Crippen LogP contribution in [0.4, 0.5) is 4.79 Å². The predicted octanol–water partition coefficient (Wildman–Crippen LogP) is 3.77. The van der Waals surface area contributed by atoms with Crippen molar-refractivity contribution in [1.82, 2.24) is 10.6 Å². The van der Waals surface area contributed by atoms with Crippen LogP contribution in [0.5, 0.6) is 0 Å². The molecular formula is C25H28N2O5S. The maximum Gasteiger partial charge on any atom is 0.408 e. The molecular weight excluding hydrogens is 440 g/mol. The molecule has 2 aliphatic carbocycles. The maximum atomic E-state index is 12.9. The van der Waals surface area contributed by atoms with Gasteiger partial charge in [-0.15, -0.1) is 0 Å². The fraction of sp³-hybridized carbons (Fsp3) is 0.400. The summed E-state index contributed by atoms with van der Waals surface area (Å²) in [6.07, 6.45) is 3.23. The molecule has 1 fully saturated rings. The molecule has 0 heterocycles. The third kappa shape index (κ3) is 4.71. The molecule has 2 aromatic rings. The zero-order chi connectivity index (χ0) is 23.4. The van der Waals surface area contributed by atoms with Gasteiger partial charge in [0.1, 0.15) is 18.2 Å². The van der Waals surface area contributed by atoms with Gasteiger partial charge in [0.25, 0.3) is 0 Å². The molecule has 0 aromatic heterocycles. The monoisotopic (exact) mass is 468 g/mol. The standard InChI is InChI=1S/C25H28N2O5S/c1-33-14-11-21(22(28)29)26-23(30)25(12-6-13-25)27-24(31)32-15-20-18-9-4-2-7-16(18)17-8-3-5-10-19(17)20/h2-5,7-10,20-21H,6,11-15H2,1H3,(H,26,30)(H,27,31)(H,28,29)/t21-/m0/s1. The van der Waals surface area contributed by atoms with Gasteiger partial charge in [-0.2, -0.15) is 11.8 Å². The van der Waals surface area contributed by atoms with Crippen molar-refractivity contribution < 1.29 is 24.2 Å². The lowest BCUT2D eigenvalue weighted by Crippen LogP contribution is -2.64. The predicted molar refractivity (Wildman–Crippen MR) is 127 cm³/mol. The van der Waals surface area contributed by atoms with E-state index in [-0.39, 0.29) is 12.5 Å². The molecule has 0 radical (unpaired) electrons. The van der Waals surface area contributed by atoms with Crippen LogP contribution in [-0.2, 0) is 14.3 Å². The Bertz CT molecular complexity index is 1010. The lowest BCUT2D eigenvalue weighted by molar-refractivity contribution is -0.143. The summed E-state index contributed by atoms with van der Waals surface area (Å²) in [5.41, 5.74) is 3.39. The van der Waals surface area contributed by atoms with Crippen molar-refractivity contribution in [2.24, 2.45) is 0 Å². The first-order chi connectivity index (χ1) is 15.9. The minimum Gasteiger partial charge on any atom is -0.480 e. The van der Waals surface area contributed by atoms with Crippen molar-refractivity contribution in [2.45, 2.75) is 43.2 Å². The second-order valence-electron chi connectivity index (χ2n) is 8.53. The number of amides is 2. The van der Waals surface area contributed by atoms with E-state index < -0.39 is 29.6 Å². The van der Waals surface area contributed by atoms with Gasteiger partial charge in [0.15, 0.2) is 0 Å². The topological polar surface area (TPSA) is 105 Å². The van der Waals surface area contributed by atoms with Gasteiger partial charge in [-0.3, -0.25) is 4.79 Å². The van der Waals surface area contributed by atoms with Gasteiger partial charge in [0.05, 0.1) is 0 Å². The summed E-state index contributed by atoms with van der Waals surface area (Å²) < 4.78 is 5.59. The molecule has 2 amide bonds. The highest BCUT2D eigenvalue weighted by atomic mass is 32.2. The molecule has 0 unspecified atom stereocenters. The molecule has 1 atom stereocenters. The summed E-state index contributed by atoms with van der Waals surface area (Å²) in [6.45, 7) is 0.156. The molecule has 33 heavy (non-hydrogen) atoms. The van der Waals surface area contributed by atoms with Crippen molar-refractivity contribution in [1.29, 1.82) is 0 Å². The number of alkyl carbamates (subject to hydrolysis) is 1. The van der Waals surface area contributed by atoms with Crippen LogP contribution in [0.25, 0.3) is 11.1 Å². The third-order valence-corrected chi connectivity index (χ3v) is 7.18. The highest BCUT2D eigenvalue weighted by Gasteiger charge is 2.47. The van der Waals surface area contributed by atoms with Crippen LogP contribution in [0.3, 0.4) is 0 Å². The molecule has 174 valence electrons. The molecule has 7 nitrogen and oxygen atoms in total. The van der Waals surface area contributed by atoms with Gasteiger partial charge in [-0.25, -0.2) is 9.59 Å². The van der Waals surface area contributed by atoms with Gasteiger partial charge in [-0.1, -0.05) is 48.5 Å². The number of fused-ring (bicyclic) bond motifs is 3. The Balaban J connectivity index is 1.40. The number of nitrogens with one attached hydrogen (secondary N) is 2. The molecule has 1 saturated carbocycles. The fourth-order valence-electron chi connectivity index (χ4n) is 4.56. The molecule has 0 spiro atoms. The van der Waals surface area contributed by atoms with Crippen LogP contribution in [0.2, 0.25) is 0 Å². The Morgan fingerprint density at radius 1 is 1.09 bits per heavy atom. The SMILES string of the molecule is CSCC[C@H](NC(=O)C1(NC(=O)OCC2c3ccccc3-c3ccccc32)CCC1)C(=O)O. The number of carboxylic acid groups (broad SMARTS) is 1. The average molecular weight is 469 g/mol. The molecule has 0 aliphatic heterocycles. The number of benzene rings is 2. The number of rotatable bonds is 9. The minimum absolute atomic E-state index is 0.0720. The Kier molecular flexibility index (Phi) is 6.93. The van der Waals surface area contributed by atoms with E-state index in [0.717, 1.165) is 28.7 Å². The van der Waals surface area contributed by atoms with Crippen molar-refractivity contribution in [3.05, 3.63) is 59.7 Å². The smallest absolute Gasteiger partial charge is 0.408 e. The maximum absolute atomic E-state index is 12.9. The Morgan fingerprint density at radius 3 is 2.21 bits per heavy atom. The summed E-state index contributed by atoms with van der Waals surface area (Å²) in [4.78, 5) is 37.1. The number of ether oxygens (including phenoxy) is 1. The van der Waals surface area contributed by atoms with Crippen molar-refractivity contribution >= 4 is 29.7 Å². The van der Waals surface area contributed by atoms with Crippen molar-refractivity contribution in [2.75, 3.05) is 18.6 Å². The summed E-state index contributed by atoms with van der Waals surface area (Å²) >= 11 is 1.52. The average Bonchev–Trinajstić information content (AvgIpc) is 3.11. The lowest BCUT2D eigenvalue weighted by atomic mass is 9.76. The van der Waals surface area contributed by atoms with Gasteiger partial charge in [-0.05, 0) is 59.9 Å². The van der Waals surface area contributed by atoms with Crippen LogP contribution in [-0.4, -0.2) is 53.3 Å². The van der Waals surface area contributed by atoms with Gasteiger partial charge < -0.3 is 20.5 Å². The Labute approximate surface area is 197 Å². The molecule has 4 rings (SSSR count). The van der Waals surface area contributed by atoms with Crippen molar-refractivity contribution in [3.8, 4) is 11.1 Å². The molecule has 0 bridgehead atoms. The fourth-order valence-corrected chi connectivity index (χ4v) is 5.03. The molecule has 8 heteroatoms. The normalized spacial score (nSPS) is 16.6. The minimum atomic E-state index is -1.12. The number of carbonyl (C=O) groups excluding carboxylic acids is 2. The number of hydrogen-bond acceptors (Lipinski definition) is 5. The summed E-state index contributed by atoms with van der Waals surface area (Å²) in [7, 11) is 0. The Hall–Kier alpha value is -3.00. The zero-order valence-corrected chi connectivity index (χ0v) is 19.3. The lowest BCUT2D eigenvalue weighted by Gasteiger charge is -2.40. The first-order valence-corrected chi connectivity index (χ1v) is 12.5. The molecule has 0 saturated heterocycles. The highest BCUT2D eigenvalue weighted by molar-refractivity contribution is 7.98. The van der Waals surface area contributed by atoms with E-state index in [9.17, 15) is 19.5 Å². The van der Waals surface area contributed by atoms with Crippen molar-refractivity contribution in [3.63, 3.8) is 0 Å². The van der Waals surface area contributed by atoms with E-state index >= 15 is 0 Å². The quantitative estimate of drug-likeness (QED) is 0.518. The number of carboxylic acids is 1. The highest BCUT2D eigenvalue weighted by Crippen LogP contribution is 2.44. The van der Waals surface area contributed by atoms with Crippen LogP contribution in [0, 0.1) is 0 Å². The van der Waals surface area contributed by atoms with E-state index in [1.54, 1.807) is 0 Å². The summed E-state index contributed by atoms with van der Waals surface area (Å²) in [5, 5.41) is 14.7. The number of hydrogen-bond donors (Lipinski definition) is 3. The van der Waals surface area contributed by atoms with E-state index in [0.29, 0.717) is 25.0 Å². The van der Waals surface area contributed by atoms with Gasteiger partial charge >= 0.3 is 12.1 Å². The van der Waals surface area contributed by atoms with E-state index in [4.69, 9.17) is 4.74 Å². The number of aliphatic carboxylic acids is 1. The van der Waals surface area contributed by atoms with E-state index in [2.05, 4.69) is 22.8 Å². The largest absolute Gasteiger partial charge is 0.480 e.